The molecule has 0 bridgehead atoms. The van der Waals surface area contributed by atoms with Gasteiger partial charge in [-0.05, 0) is 57.3 Å². The van der Waals surface area contributed by atoms with Crippen LogP contribution in [0.3, 0.4) is 0 Å². The van der Waals surface area contributed by atoms with Gasteiger partial charge in [0.2, 0.25) is 5.91 Å². The van der Waals surface area contributed by atoms with E-state index in [2.05, 4.69) is 16.4 Å². The average Bonchev–Trinajstić information content (AvgIpc) is 3.10. The van der Waals surface area contributed by atoms with Crippen molar-refractivity contribution in [1.82, 2.24) is 14.5 Å². The normalized spacial score (nSPS) is 25.2. The predicted octanol–water partition coefficient (Wildman–Crippen LogP) is 4.29. The molecule has 2 saturated heterocycles. The minimum atomic E-state index is 0.406. The third-order valence-corrected chi connectivity index (χ3v) is 7.17. The molecule has 0 spiro atoms. The van der Waals surface area contributed by atoms with Crippen molar-refractivity contribution < 1.29 is 9.53 Å². The minimum Gasteiger partial charge on any atom is -0.381 e. The van der Waals surface area contributed by atoms with Crippen LogP contribution in [0.15, 0.2) is 6.20 Å². The van der Waals surface area contributed by atoms with Gasteiger partial charge < -0.3 is 14.2 Å². The number of aromatic nitrogens is 2. The smallest absolute Gasteiger partial charge is 0.222 e. The number of hydrogen-bond donors (Lipinski definition) is 0. The molecule has 3 aliphatic rings. The van der Waals surface area contributed by atoms with E-state index in [1.807, 2.05) is 6.20 Å². The van der Waals surface area contributed by atoms with Crippen molar-refractivity contribution in [3.05, 3.63) is 17.7 Å². The summed E-state index contributed by atoms with van der Waals surface area (Å²) in [5, 5.41) is 0. The van der Waals surface area contributed by atoms with Gasteiger partial charge in [0.25, 0.3) is 0 Å². The first kappa shape index (κ1) is 19.9. The average molecular weight is 388 g/mol. The van der Waals surface area contributed by atoms with Gasteiger partial charge in [0.05, 0.1) is 0 Å². The highest BCUT2D eigenvalue weighted by Gasteiger charge is 2.28. The second-order valence-electron chi connectivity index (χ2n) is 9.31. The van der Waals surface area contributed by atoms with Gasteiger partial charge in [-0.3, -0.25) is 4.79 Å². The first-order valence-corrected chi connectivity index (χ1v) is 11.6. The summed E-state index contributed by atoms with van der Waals surface area (Å²) in [6.07, 6.45) is 13.8. The number of hydrogen-bond acceptors (Lipinski definition) is 3. The fraction of sp³-hybridized carbons (Fsp3) is 0.826. The van der Waals surface area contributed by atoms with E-state index in [9.17, 15) is 4.79 Å². The maximum absolute atomic E-state index is 12.9. The van der Waals surface area contributed by atoms with Gasteiger partial charge in [0, 0.05) is 57.1 Å². The summed E-state index contributed by atoms with van der Waals surface area (Å²) in [4.78, 5) is 19.8. The number of amides is 1. The number of nitrogens with zero attached hydrogens (tertiary/aromatic N) is 3. The van der Waals surface area contributed by atoms with Crippen LogP contribution in [-0.2, 0) is 16.1 Å². The van der Waals surface area contributed by atoms with E-state index in [0.29, 0.717) is 23.7 Å². The number of rotatable bonds is 5. The van der Waals surface area contributed by atoms with E-state index in [-0.39, 0.29) is 0 Å². The summed E-state index contributed by atoms with van der Waals surface area (Å²) in [6, 6.07) is 0. The lowest BCUT2D eigenvalue weighted by Gasteiger charge is -2.35. The molecule has 1 atom stereocenters. The molecule has 156 valence electrons. The topological polar surface area (TPSA) is 47.4 Å². The van der Waals surface area contributed by atoms with E-state index < -0.39 is 0 Å². The Morgan fingerprint density at radius 3 is 2.61 bits per heavy atom. The maximum atomic E-state index is 12.9. The Balaban J connectivity index is 1.36. The molecule has 5 heteroatoms. The van der Waals surface area contributed by atoms with E-state index in [1.165, 1.54) is 50.0 Å². The molecule has 28 heavy (non-hydrogen) atoms. The van der Waals surface area contributed by atoms with Gasteiger partial charge in [-0.15, -0.1) is 0 Å². The number of imidazole rings is 1. The lowest BCUT2D eigenvalue weighted by molar-refractivity contribution is -0.134. The molecule has 1 aromatic heterocycles. The largest absolute Gasteiger partial charge is 0.381 e. The maximum Gasteiger partial charge on any atom is 0.222 e. The van der Waals surface area contributed by atoms with E-state index in [0.717, 1.165) is 58.5 Å². The standard InChI is InChI=1S/C23H37N3O2/c1-18-15-24-23(21-9-12-28-13-10-21)26(18)17-20-8-5-11-25(16-20)22(27)14-19-6-3-2-4-7-19/h15,19-21H,2-14,16-17H2,1H3. The van der Waals surface area contributed by atoms with E-state index in [4.69, 9.17) is 9.72 Å². The van der Waals surface area contributed by atoms with Gasteiger partial charge in [-0.1, -0.05) is 19.3 Å². The highest BCUT2D eigenvalue weighted by atomic mass is 16.5. The van der Waals surface area contributed by atoms with Crippen LogP contribution in [-0.4, -0.2) is 46.7 Å². The molecular weight excluding hydrogens is 350 g/mol. The minimum absolute atomic E-state index is 0.406. The molecule has 1 saturated carbocycles. The van der Waals surface area contributed by atoms with Crippen molar-refractivity contribution in [2.24, 2.45) is 11.8 Å². The van der Waals surface area contributed by atoms with Crippen LogP contribution >= 0.6 is 0 Å². The van der Waals surface area contributed by atoms with Crippen LogP contribution in [0.1, 0.15) is 81.6 Å². The van der Waals surface area contributed by atoms with Gasteiger partial charge >= 0.3 is 0 Å². The number of aryl methyl sites for hydroxylation is 1. The number of carbonyl (C=O) groups excluding carboxylic acids is 1. The zero-order chi connectivity index (χ0) is 19.3. The van der Waals surface area contributed by atoms with Crippen LogP contribution in [0.2, 0.25) is 0 Å². The molecule has 5 nitrogen and oxygen atoms in total. The Labute approximate surface area is 169 Å². The molecule has 2 aliphatic heterocycles. The van der Waals surface area contributed by atoms with E-state index in [1.54, 1.807) is 0 Å². The Bertz CT molecular complexity index is 644. The van der Waals surface area contributed by atoms with Crippen LogP contribution < -0.4 is 0 Å². The molecule has 1 aliphatic carbocycles. The summed E-state index contributed by atoms with van der Waals surface area (Å²) in [5.41, 5.74) is 1.26. The van der Waals surface area contributed by atoms with Crippen molar-refractivity contribution in [2.75, 3.05) is 26.3 Å². The summed E-state index contributed by atoms with van der Waals surface area (Å²) in [7, 11) is 0. The molecule has 0 radical (unpaired) electrons. The van der Waals surface area contributed by atoms with Crippen molar-refractivity contribution >= 4 is 5.91 Å². The SMILES string of the molecule is Cc1cnc(C2CCOCC2)n1CC1CCCN(C(=O)CC2CCCCC2)C1. The van der Waals surface area contributed by atoms with Gasteiger partial charge in [0.1, 0.15) is 5.82 Å². The van der Waals surface area contributed by atoms with Crippen LogP contribution in [0.5, 0.6) is 0 Å². The molecule has 0 aromatic carbocycles. The van der Waals surface area contributed by atoms with Crippen LogP contribution in [0.4, 0.5) is 0 Å². The Morgan fingerprint density at radius 2 is 1.82 bits per heavy atom. The second kappa shape index (κ2) is 9.43. The fourth-order valence-electron chi connectivity index (χ4n) is 5.46. The zero-order valence-corrected chi connectivity index (χ0v) is 17.6. The predicted molar refractivity (Wildman–Crippen MR) is 110 cm³/mol. The lowest BCUT2D eigenvalue weighted by atomic mass is 9.86. The summed E-state index contributed by atoms with van der Waals surface area (Å²) in [6.45, 7) is 6.76. The molecule has 1 unspecified atom stereocenters. The highest BCUT2D eigenvalue weighted by Crippen LogP contribution is 2.30. The Kier molecular flexibility index (Phi) is 6.71. The van der Waals surface area contributed by atoms with Gasteiger partial charge in [-0.2, -0.15) is 0 Å². The zero-order valence-electron chi connectivity index (χ0n) is 17.6. The highest BCUT2D eigenvalue weighted by molar-refractivity contribution is 5.76. The van der Waals surface area contributed by atoms with E-state index >= 15 is 0 Å². The number of ether oxygens (including phenoxy) is 1. The Hall–Kier alpha value is -1.36. The monoisotopic (exact) mass is 387 g/mol. The molecule has 1 aromatic rings. The molecular formula is C23H37N3O2. The molecule has 0 N–H and O–H groups in total. The third-order valence-electron chi connectivity index (χ3n) is 7.17. The first-order valence-electron chi connectivity index (χ1n) is 11.6. The summed E-state index contributed by atoms with van der Waals surface area (Å²) in [5.74, 6) is 3.36. The molecule has 1 amide bonds. The van der Waals surface area contributed by atoms with Crippen molar-refractivity contribution in [3.63, 3.8) is 0 Å². The quantitative estimate of drug-likeness (QED) is 0.757. The van der Waals surface area contributed by atoms with Crippen LogP contribution in [0.25, 0.3) is 0 Å². The van der Waals surface area contributed by atoms with Crippen molar-refractivity contribution in [2.45, 2.75) is 83.6 Å². The van der Waals surface area contributed by atoms with Gasteiger partial charge in [-0.25, -0.2) is 4.98 Å². The first-order chi connectivity index (χ1) is 13.7. The van der Waals surface area contributed by atoms with Crippen LogP contribution in [0, 0.1) is 18.8 Å². The number of likely N-dealkylation sites (tertiary alicyclic amines) is 1. The Morgan fingerprint density at radius 1 is 1.07 bits per heavy atom. The third kappa shape index (κ3) is 4.79. The number of carbonyl (C=O) groups is 1. The molecule has 3 heterocycles. The summed E-state index contributed by atoms with van der Waals surface area (Å²) >= 11 is 0. The van der Waals surface area contributed by atoms with Crippen molar-refractivity contribution in [3.8, 4) is 0 Å². The number of piperidine rings is 1. The lowest BCUT2D eigenvalue weighted by Crippen LogP contribution is -2.42. The van der Waals surface area contributed by atoms with Gasteiger partial charge in [0.15, 0.2) is 0 Å². The molecule has 4 rings (SSSR count). The fourth-order valence-corrected chi connectivity index (χ4v) is 5.46. The molecule has 3 fully saturated rings. The summed E-state index contributed by atoms with van der Waals surface area (Å²) < 4.78 is 7.98. The second-order valence-corrected chi connectivity index (χ2v) is 9.31. The van der Waals surface area contributed by atoms with Crippen molar-refractivity contribution in [1.29, 1.82) is 0 Å².